The minimum atomic E-state index is -0.938. The Morgan fingerprint density at radius 2 is 1.55 bits per heavy atom. The molecule has 0 aliphatic heterocycles. The zero-order valence-electron chi connectivity index (χ0n) is 21.9. The van der Waals surface area contributed by atoms with E-state index >= 15 is 0 Å². The van der Waals surface area contributed by atoms with E-state index in [0.717, 1.165) is 55.4 Å². The summed E-state index contributed by atoms with van der Waals surface area (Å²) >= 11 is 0. The van der Waals surface area contributed by atoms with Crippen molar-refractivity contribution in [3.63, 3.8) is 0 Å². The fourth-order valence-corrected chi connectivity index (χ4v) is 4.51. The summed E-state index contributed by atoms with van der Waals surface area (Å²) in [6.07, 6.45) is 11.7. The highest BCUT2D eigenvalue weighted by atomic mass is 16.5. The first-order valence-electron chi connectivity index (χ1n) is 13.5. The fraction of sp³-hybridized carbons (Fsp3) is 0.333. The maximum absolute atomic E-state index is 11.4. The molecule has 5 nitrogen and oxygen atoms in total. The van der Waals surface area contributed by atoms with Crippen LogP contribution in [0.2, 0.25) is 0 Å². The van der Waals surface area contributed by atoms with Gasteiger partial charge in [0.05, 0.1) is 12.2 Å². The third-order valence-electron chi connectivity index (χ3n) is 6.56. The van der Waals surface area contributed by atoms with E-state index in [-0.39, 0.29) is 17.9 Å². The van der Waals surface area contributed by atoms with E-state index in [1.54, 1.807) is 18.2 Å². The maximum Gasteiger partial charge on any atom is 0.335 e. The summed E-state index contributed by atoms with van der Waals surface area (Å²) in [6.45, 7) is 0.667. The summed E-state index contributed by atoms with van der Waals surface area (Å²) in [6, 6.07) is 25.6. The lowest BCUT2D eigenvalue weighted by atomic mass is 9.92. The number of hydrogen-bond acceptors (Lipinski definition) is 3. The third kappa shape index (κ3) is 10.6. The first-order chi connectivity index (χ1) is 18.5. The average molecular weight is 515 g/mol. The SMILES string of the molecule is O=C(O)CCCCC(C=Cc1ccccc1OCCCCCc1ccccc1)Cc1cccc(C(=O)O)c1. The highest BCUT2D eigenvalue weighted by Gasteiger charge is 2.11. The van der Waals surface area contributed by atoms with Crippen LogP contribution in [-0.4, -0.2) is 28.8 Å². The van der Waals surface area contributed by atoms with Gasteiger partial charge < -0.3 is 14.9 Å². The maximum atomic E-state index is 11.4. The van der Waals surface area contributed by atoms with Crippen molar-refractivity contribution in [1.82, 2.24) is 0 Å². The summed E-state index contributed by atoms with van der Waals surface area (Å²) < 4.78 is 6.13. The monoisotopic (exact) mass is 514 g/mol. The minimum absolute atomic E-state index is 0.152. The summed E-state index contributed by atoms with van der Waals surface area (Å²) in [4.78, 5) is 22.3. The molecule has 0 fully saturated rings. The van der Waals surface area contributed by atoms with Crippen LogP contribution >= 0.6 is 0 Å². The normalized spacial score (nSPS) is 11.9. The number of allylic oxidation sites excluding steroid dienone is 1. The quantitative estimate of drug-likeness (QED) is 0.180. The molecule has 0 heterocycles. The van der Waals surface area contributed by atoms with Crippen LogP contribution in [0.25, 0.3) is 6.08 Å². The molecule has 0 aliphatic carbocycles. The number of para-hydroxylation sites is 1. The second-order valence-electron chi connectivity index (χ2n) is 9.65. The average Bonchev–Trinajstić information content (AvgIpc) is 2.92. The second kappa shape index (κ2) is 16.1. The molecule has 0 aliphatic rings. The van der Waals surface area contributed by atoms with Gasteiger partial charge in [0.2, 0.25) is 0 Å². The van der Waals surface area contributed by atoms with Crippen molar-refractivity contribution in [1.29, 1.82) is 0 Å². The molecule has 3 aromatic carbocycles. The van der Waals surface area contributed by atoms with Crippen molar-refractivity contribution in [2.75, 3.05) is 6.61 Å². The van der Waals surface area contributed by atoms with Gasteiger partial charge >= 0.3 is 11.9 Å². The number of aryl methyl sites for hydroxylation is 1. The van der Waals surface area contributed by atoms with Gasteiger partial charge in [0.15, 0.2) is 0 Å². The topological polar surface area (TPSA) is 83.8 Å². The number of rotatable bonds is 17. The molecular weight excluding hydrogens is 476 g/mol. The number of carboxylic acids is 2. The van der Waals surface area contributed by atoms with Gasteiger partial charge in [-0.05, 0) is 80.2 Å². The Hall–Kier alpha value is -3.86. The molecule has 2 N–H and O–H groups in total. The predicted octanol–water partition coefficient (Wildman–Crippen LogP) is 7.69. The lowest BCUT2D eigenvalue weighted by Gasteiger charge is -2.14. The minimum Gasteiger partial charge on any atom is -0.493 e. The molecule has 0 amide bonds. The summed E-state index contributed by atoms with van der Waals surface area (Å²) in [7, 11) is 0. The molecule has 0 bridgehead atoms. The smallest absolute Gasteiger partial charge is 0.335 e. The van der Waals surface area contributed by atoms with Gasteiger partial charge in [-0.1, -0.05) is 79.2 Å². The van der Waals surface area contributed by atoms with Gasteiger partial charge in [-0.15, -0.1) is 0 Å². The zero-order valence-corrected chi connectivity index (χ0v) is 21.9. The lowest BCUT2D eigenvalue weighted by molar-refractivity contribution is -0.137. The highest BCUT2D eigenvalue weighted by molar-refractivity contribution is 5.87. The van der Waals surface area contributed by atoms with Crippen molar-refractivity contribution in [2.24, 2.45) is 5.92 Å². The van der Waals surface area contributed by atoms with Gasteiger partial charge in [0, 0.05) is 12.0 Å². The molecule has 0 radical (unpaired) electrons. The molecule has 0 spiro atoms. The van der Waals surface area contributed by atoms with E-state index in [4.69, 9.17) is 9.84 Å². The summed E-state index contributed by atoms with van der Waals surface area (Å²) in [5, 5.41) is 18.3. The lowest BCUT2D eigenvalue weighted by Crippen LogP contribution is -2.05. The van der Waals surface area contributed by atoms with Crippen molar-refractivity contribution in [3.05, 3.63) is 107 Å². The largest absolute Gasteiger partial charge is 0.493 e. The van der Waals surface area contributed by atoms with E-state index in [2.05, 4.69) is 36.4 Å². The number of hydrogen-bond donors (Lipinski definition) is 2. The number of carboxylic acid groups (broad SMARTS) is 2. The van der Waals surface area contributed by atoms with Crippen LogP contribution in [-0.2, 0) is 17.6 Å². The molecule has 1 atom stereocenters. The molecule has 3 aromatic rings. The van der Waals surface area contributed by atoms with E-state index in [1.165, 1.54) is 5.56 Å². The van der Waals surface area contributed by atoms with Crippen LogP contribution in [0.5, 0.6) is 5.75 Å². The Balaban J connectivity index is 1.57. The van der Waals surface area contributed by atoms with Gasteiger partial charge in [-0.3, -0.25) is 4.79 Å². The second-order valence-corrected chi connectivity index (χ2v) is 9.65. The van der Waals surface area contributed by atoms with Gasteiger partial charge in [0.1, 0.15) is 5.75 Å². The molecule has 38 heavy (non-hydrogen) atoms. The van der Waals surface area contributed by atoms with Crippen LogP contribution in [0.4, 0.5) is 0 Å². The van der Waals surface area contributed by atoms with E-state index in [0.29, 0.717) is 19.4 Å². The molecule has 0 saturated heterocycles. The number of benzene rings is 3. The zero-order chi connectivity index (χ0) is 27.0. The fourth-order valence-electron chi connectivity index (χ4n) is 4.51. The number of aromatic carboxylic acids is 1. The molecule has 0 aromatic heterocycles. The van der Waals surface area contributed by atoms with Crippen molar-refractivity contribution >= 4 is 18.0 Å². The Labute approximate surface area is 225 Å². The number of carbonyl (C=O) groups is 2. The first-order valence-corrected chi connectivity index (χ1v) is 13.5. The molecule has 1 unspecified atom stereocenters. The van der Waals surface area contributed by atoms with Gasteiger partial charge in [-0.2, -0.15) is 0 Å². The van der Waals surface area contributed by atoms with E-state index in [9.17, 15) is 14.7 Å². The Morgan fingerprint density at radius 3 is 2.34 bits per heavy atom. The van der Waals surface area contributed by atoms with Crippen molar-refractivity contribution in [2.45, 2.75) is 57.8 Å². The van der Waals surface area contributed by atoms with Crippen LogP contribution in [0.15, 0.2) is 84.9 Å². The Kier molecular flexibility index (Phi) is 12.1. The number of aliphatic carboxylic acids is 1. The first kappa shape index (κ1) is 28.7. The molecule has 0 saturated carbocycles. The Bertz CT molecular complexity index is 1170. The van der Waals surface area contributed by atoms with Crippen LogP contribution < -0.4 is 4.74 Å². The van der Waals surface area contributed by atoms with Crippen LogP contribution in [0.3, 0.4) is 0 Å². The predicted molar refractivity (Wildman–Crippen MR) is 152 cm³/mol. The summed E-state index contributed by atoms with van der Waals surface area (Å²) in [5.74, 6) is -0.716. The van der Waals surface area contributed by atoms with E-state index < -0.39 is 11.9 Å². The highest BCUT2D eigenvalue weighted by Crippen LogP contribution is 2.24. The van der Waals surface area contributed by atoms with E-state index in [1.807, 2.05) is 36.4 Å². The number of unbranched alkanes of at least 4 members (excludes halogenated alkanes) is 3. The standard InChI is InChI=1S/C33H38O5/c34-32(35)20-9-6-15-27(24-28-16-11-18-30(25-28)33(36)37)21-22-29-17-7-8-19-31(29)38-23-10-2-5-14-26-12-3-1-4-13-26/h1,3-4,7-8,11-13,16-19,21-22,25,27H,2,5-6,9-10,14-15,20,23-24H2,(H,34,35)(H,36,37). The Morgan fingerprint density at radius 1 is 0.789 bits per heavy atom. The molecule has 5 heteroatoms. The van der Waals surface area contributed by atoms with Gasteiger partial charge in [-0.25, -0.2) is 4.79 Å². The molecule has 3 rings (SSSR count). The summed E-state index contributed by atoms with van der Waals surface area (Å²) in [5.41, 5.74) is 3.61. The number of ether oxygens (including phenoxy) is 1. The van der Waals surface area contributed by atoms with Crippen molar-refractivity contribution in [3.8, 4) is 5.75 Å². The molecule has 200 valence electrons. The van der Waals surface area contributed by atoms with Crippen molar-refractivity contribution < 1.29 is 24.5 Å². The van der Waals surface area contributed by atoms with Crippen LogP contribution in [0, 0.1) is 5.92 Å². The van der Waals surface area contributed by atoms with Gasteiger partial charge in [0.25, 0.3) is 0 Å². The molecular formula is C33H38O5. The van der Waals surface area contributed by atoms with Crippen LogP contribution in [0.1, 0.15) is 72.0 Å². The third-order valence-corrected chi connectivity index (χ3v) is 6.56.